The molecule has 2 heterocycles. The molecule has 0 bridgehead atoms. The number of carbonyl (C=O) groups is 2. The highest BCUT2D eigenvalue weighted by Gasteiger charge is 2.13. The Bertz CT molecular complexity index is 1370. The van der Waals surface area contributed by atoms with Crippen molar-refractivity contribution >= 4 is 28.7 Å². The number of fused-ring (bicyclic) bond motifs is 1. The smallest absolute Gasteiger partial charge is 0.305 e. The maximum absolute atomic E-state index is 12.6. The first-order valence-corrected chi connectivity index (χ1v) is 14.0. The molecule has 2 aromatic heterocycles. The van der Waals surface area contributed by atoms with Crippen LogP contribution >= 0.6 is 0 Å². The van der Waals surface area contributed by atoms with Gasteiger partial charge in [-0.15, -0.1) is 0 Å². The standard InChI is InChI=1S/C31H38N6O3/c1-3-40-28(38)12-8-5-9-17-32-18-19-33-31(39)25-15-13-24(14-16-25)27-20-26-29(34-21-35-30(26)37-27)36-22(2)23-10-6-4-7-11-23/h4,6-7,10-11,13-16,20-22,32H,3,5,8-9,12,17-19H2,1-2H3,(H,33,39)(H2,34,35,36,37)/t22-/m1/s1. The number of unbranched alkanes of at least 4 members (excludes halogenated alkanes) is 2. The van der Waals surface area contributed by atoms with Crippen LogP contribution in [-0.2, 0) is 9.53 Å². The van der Waals surface area contributed by atoms with Crippen LogP contribution in [-0.4, -0.2) is 53.1 Å². The predicted molar refractivity (Wildman–Crippen MR) is 158 cm³/mol. The van der Waals surface area contributed by atoms with E-state index in [1.807, 2.05) is 55.5 Å². The molecule has 0 aliphatic heterocycles. The van der Waals surface area contributed by atoms with Crippen LogP contribution in [0.15, 0.2) is 67.0 Å². The number of esters is 1. The molecule has 0 saturated carbocycles. The van der Waals surface area contributed by atoms with Crippen molar-refractivity contribution in [3.05, 3.63) is 78.1 Å². The molecule has 0 aliphatic carbocycles. The third kappa shape index (κ3) is 8.13. The second-order valence-corrected chi connectivity index (χ2v) is 9.64. The zero-order valence-electron chi connectivity index (χ0n) is 23.2. The van der Waals surface area contributed by atoms with E-state index in [1.54, 1.807) is 6.33 Å². The van der Waals surface area contributed by atoms with Gasteiger partial charge in [-0.2, -0.15) is 0 Å². The zero-order chi connectivity index (χ0) is 28.2. The van der Waals surface area contributed by atoms with Crippen LogP contribution in [0, 0.1) is 0 Å². The topological polar surface area (TPSA) is 121 Å². The van der Waals surface area contributed by atoms with Crippen LogP contribution in [0.2, 0.25) is 0 Å². The van der Waals surface area contributed by atoms with Gasteiger partial charge in [0.25, 0.3) is 5.91 Å². The van der Waals surface area contributed by atoms with E-state index in [2.05, 4.69) is 50.0 Å². The number of hydrogen-bond acceptors (Lipinski definition) is 7. The normalized spacial score (nSPS) is 11.8. The van der Waals surface area contributed by atoms with E-state index in [9.17, 15) is 9.59 Å². The number of carbonyl (C=O) groups excluding carboxylic acids is 2. The van der Waals surface area contributed by atoms with Crippen molar-refractivity contribution in [2.45, 2.75) is 45.6 Å². The first-order chi connectivity index (χ1) is 19.5. The number of nitrogens with one attached hydrogen (secondary N) is 4. The summed E-state index contributed by atoms with van der Waals surface area (Å²) in [7, 11) is 0. The zero-order valence-corrected chi connectivity index (χ0v) is 23.2. The number of aromatic amines is 1. The lowest BCUT2D eigenvalue weighted by Crippen LogP contribution is -2.32. The number of amides is 1. The summed E-state index contributed by atoms with van der Waals surface area (Å²) in [6.45, 7) is 6.44. The molecule has 0 saturated heterocycles. The monoisotopic (exact) mass is 542 g/mol. The van der Waals surface area contributed by atoms with Gasteiger partial charge in [-0.25, -0.2) is 9.97 Å². The molecule has 0 unspecified atom stereocenters. The summed E-state index contributed by atoms with van der Waals surface area (Å²) in [5.41, 5.74) is 4.40. The highest BCUT2D eigenvalue weighted by atomic mass is 16.5. The first-order valence-electron chi connectivity index (χ1n) is 14.0. The molecular weight excluding hydrogens is 504 g/mol. The Labute approximate surface area is 235 Å². The molecule has 4 aromatic rings. The van der Waals surface area contributed by atoms with Crippen LogP contribution in [0.25, 0.3) is 22.3 Å². The maximum atomic E-state index is 12.6. The van der Waals surface area contributed by atoms with E-state index in [0.29, 0.717) is 31.7 Å². The number of ether oxygens (including phenoxy) is 1. The molecule has 2 aromatic carbocycles. The fourth-order valence-corrected chi connectivity index (χ4v) is 4.46. The Balaban J connectivity index is 1.24. The van der Waals surface area contributed by atoms with Gasteiger partial charge in [-0.1, -0.05) is 48.9 Å². The highest BCUT2D eigenvalue weighted by Crippen LogP contribution is 2.29. The van der Waals surface area contributed by atoms with Gasteiger partial charge in [0, 0.05) is 36.8 Å². The summed E-state index contributed by atoms with van der Waals surface area (Å²) in [6, 6.07) is 19.9. The summed E-state index contributed by atoms with van der Waals surface area (Å²) in [4.78, 5) is 36.1. The second-order valence-electron chi connectivity index (χ2n) is 9.64. The molecular formula is C31H38N6O3. The van der Waals surface area contributed by atoms with Crippen molar-refractivity contribution in [3.8, 4) is 11.3 Å². The molecule has 4 N–H and O–H groups in total. The van der Waals surface area contributed by atoms with E-state index in [-0.39, 0.29) is 17.9 Å². The Morgan fingerprint density at radius 1 is 0.950 bits per heavy atom. The minimum Gasteiger partial charge on any atom is -0.466 e. The first kappa shape index (κ1) is 28.8. The van der Waals surface area contributed by atoms with Crippen molar-refractivity contribution in [2.75, 3.05) is 31.6 Å². The Hall–Kier alpha value is -4.24. The van der Waals surface area contributed by atoms with Crippen molar-refractivity contribution in [1.29, 1.82) is 0 Å². The minimum absolute atomic E-state index is 0.0912. The van der Waals surface area contributed by atoms with Gasteiger partial charge in [-0.3, -0.25) is 9.59 Å². The van der Waals surface area contributed by atoms with E-state index >= 15 is 0 Å². The van der Waals surface area contributed by atoms with E-state index in [4.69, 9.17) is 4.74 Å². The molecule has 1 amide bonds. The molecule has 1 atom stereocenters. The molecule has 4 rings (SSSR count). The van der Waals surface area contributed by atoms with Gasteiger partial charge >= 0.3 is 5.97 Å². The van der Waals surface area contributed by atoms with Crippen molar-refractivity contribution in [3.63, 3.8) is 0 Å². The third-order valence-electron chi connectivity index (χ3n) is 6.66. The number of aromatic nitrogens is 3. The van der Waals surface area contributed by atoms with E-state index in [1.165, 1.54) is 5.56 Å². The molecule has 0 aliphatic rings. The molecule has 210 valence electrons. The van der Waals surface area contributed by atoms with Crippen LogP contribution in [0.5, 0.6) is 0 Å². The Kier molecular flexibility index (Phi) is 10.6. The molecule has 9 nitrogen and oxygen atoms in total. The third-order valence-corrected chi connectivity index (χ3v) is 6.66. The van der Waals surface area contributed by atoms with Crippen molar-refractivity contribution in [1.82, 2.24) is 25.6 Å². The number of benzene rings is 2. The lowest BCUT2D eigenvalue weighted by molar-refractivity contribution is -0.143. The lowest BCUT2D eigenvalue weighted by Gasteiger charge is -2.15. The number of anilines is 1. The van der Waals surface area contributed by atoms with Gasteiger partial charge in [0.1, 0.15) is 17.8 Å². The van der Waals surface area contributed by atoms with E-state index < -0.39 is 0 Å². The van der Waals surface area contributed by atoms with Gasteiger partial charge in [0.15, 0.2) is 0 Å². The molecule has 0 spiro atoms. The van der Waals surface area contributed by atoms with E-state index in [0.717, 1.165) is 53.9 Å². The fraction of sp³-hybridized carbons (Fsp3) is 0.355. The highest BCUT2D eigenvalue weighted by molar-refractivity contribution is 5.95. The average molecular weight is 543 g/mol. The summed E-state index contributed by atoms with van der Waals surface area (Å²) < 4.78 is 4.93. The summed E-state index contributed by atoms with van der Waals surface area (Å²) in [6.07, 6.45) is 4.82. The predicted octanol–water partition coefficient (Wildman–Crippen LogP) is 5.24. The van der Waals surface area contributed by atoms with Gasteiger partial charge in [-0.05, 0) is 62.6 Å². The molecule has 0 fully saturated rings. The molecule has 40 heavy (non-hydrogen) atoms. The quantitative estimate of drug-likeness (QED) is 0.120. The summed E-state index contributed by atoms with van der Waals surface area (Å²) >= 11 is 0. The summed E-state index contributed by atoms with van der Waals surface area (Å²) in [5.74, 6) is 0.536. The van der Waals surface area contributed by atoms with Crippen LogP contribution < -0.4 is 16.0 Å². The SMILES string of the molecule is CCOC(=O)CCCCCNCCNC(=O)c1ccc(-c2cc3c(N[C@H](C)c4ccccc4)ncnc3[nH]2)cc1. The van der Waals surface area contributed by atoms with Crippen LogP contribution in [0.1, 0.15) is 61.5 Å². The number of hydrogen-bond donors (Lipinski definition) is 4. The fourth-order valence-electron chi connectivity index (χ4n) is 4.46. The van der Waals surface area contributed by atoms with Gasteiger partial charge < -0.3 is 25.7 Å². The van der Waals surface area contributed by atoms with Crippen molar-refractivity contribution < 1.29 is 14.3 Å². The Morgan fingerprint density at radius 2 is 1.75 bits per heavy atom. The van der Waals surface area contributed by atoms with Crippen LogP contribution in [0.4, 0.5) is 5.82 Å². The van der Waals surface area contributed by atoms with Gasteiger partial charge in [0.2, 0.25) is 0 Å². The number of nitrogens with zero attached hydrogens (tertiary/aromatic N) is 2. The summed E-state index contributed by atoms with van der Waals surface area (Å²) in [5, 5.41) is 10.7. The largest absolute Gasteiger partial charge is 0.466 e. The Morgan fingerprint density at radius 3 is 2.52 bits per heavy atom. The average Bonchev–Trinajstić information content (AvgIpc) is 3.42. The second kappa shape index (κ2) is 14.8. The minimum atomic E-state index is -0.127. The van der Waals surface area contributed by atoms with Gasteiger partial charge in [0.05, 0.1) is 12.0 Å². The molecule has 9 heteroatoms. The van der Waals surface area contributed by atoms with Crippen LogP contribution in [0.3, 0.4) is 0 Å². The number of H-pyrrole nitrogens is 1. The van der Waals surface area contributed by atoms with Crippen molar-refractivity contribution in [2.24, 2.45) is 0 Å². The lowest BCUT2D eigenvalue weighted by atomic mass is 10.1. The number of rotatable bonds is 15. The molecule has 0 radical (unpaired) electrons. The maximum Gasteiger partial charge on any atom is 0.305 e.